The number of hydrogen-bond donors (Lipinski definition) is 2. The zero-order valence-corrected chi connectivity index (χ0v) is 6.38. The predicted molar refractivity (Wildman–Crippen MR) is 39.5 cm³/mol. The van der Waals surface area contributed by atoms with Crippen LogP contribution in [-0.4, -0.2) is 36.9 Å². The lowest BCUT2D eigenvalue weighted by atomic mass is 10.1. The van der Waals surface area contributed by atoms with Crippen molar-refractivity contribution in [3.05, 3.63) is 0 Å². The van der Waals surface area contributed by atoms with E-state index in [4.69, 9.17) is 9.84 Å². The molecule has 0 spiro atoms. The Labute approximate surface area is 65.5 Å². The Morgan fingerprint density at radius 1 is 1.55 bits per heavy atom. The first-order chi connectivity index (χ1) is 5.29. The van der Waals surface area contributed by atoms with Gasteiger partial charge in [-0.05, 0) is 25.9 Å². The fraction of sp³-hybridized carbons (Fsp3) is 0.857. The highest BCUT2D eigenvalue weighted by atomic mass is 16.5. The van der Waals surface area contributed by atoms with E-state index in [1.165, 1.54) is 0 Å². The summed E-state index contributed by atoms with van der Waals surface area (Å²) < 4.78 is 5.10. The maximum Gasteiger partial charge on any atom is 0.329 e. The molecule has 0 aromatic carbocycles. The van der Waals surface area contributed by atoms with Crippen molar-refractivity contribution in [1.29, 1.82) is 0 Å². The minimum atomic E-state index is -0.886. The summed E-state index contributed by atoms with van der Waals surface area (Å²) in [5.74, 6) is -0.886. The SMILES string of the molecule is O=C(O)COC1CCNCC1. The van der Waals surface area contributed by atoms with Crippen molar-refractivity contribution in [2.45, 2.75) is 18.9 Å². The van der Waals surface area contributed by atoms with Gasteiger partial charge in [0.05, 0.1) is 6.10 Å². The van der Waals surface area contributed by atoms with Crippen LogP contribution in [0.25, 0.3) is 0 Å². The van der Waals surface area contributed by atoms with Gasteiger partial charge in [-0.2, -0.15) is 0 Å². The molecule has 1 aliphatic heterocycles. The van der Waals surface area contributed by atoms with Gasteiger partial charge in [-0.3, -0.25) is 0 Å². The van der Waals surface area contributed by atoms with Gasteiger partial charge in [0.2, 0.25) is 0 Å². The average molecular weight is 159 g/mol. The van der Waals surface area contributed by atoms with Crippen LogP contribution in [0.4, 0.5) is 0 Å². The van der Waals surface area contributed by atoms with Crippen LogP contribution in [0, 0.1) is 0 Å². The second-order valence-corrected chi connectivity index (χ2v) is 2.65. The van der Waals surface area contributed by atoms with Crippen molar-refractivity contribution >= 4 is 5.97 Å². The van der Waals surface area contributed by atoms with E-state index in [1.54, 1.807) is 0 Å². The second kappa shape index (κ2) is 4.31. The van der Waals surface area contributed by atoms with Crippen molar-refractivity contribution in [3.63, 3.8) is 0 Å². The predicted octanol–water partition coefficient (Wildman–Crippen LogP) is -0.160. The molecule has 1 heterocycles. The number of rotatable bonds is 3. The van der Waals surface area contributed by atoms with E-state index in [0.717, 1.165) is 25.9 Å². The van der Waals surface area contributed by atoms with Crippen molar-refractivity contribution in [3.8, 4) is 0 Å². The van der Waals surface area contributed by atoms with Gasteiger partial charge >= 0.3 is 5.97 Å². The molecule has 1 saturated heterocycles. The Balaban J connectivity index is 2.09. The fourth-order valence-corrected chi connectivity index (χ4v) is 1.15. The Morgan fingerprint density at radius 3 is 2.73 bits per heavy atom. The first-order valence-electron chi connectivity index (χ1n) is 3.83. The van der Waals surface area contributed by atoms with Crippen LogP contribution in [0.2, 0.25) is 0 Å². The van der Waals surface area contributed by atoms with E-state index in [-0.39, 0.29) is 12.7 Å². The fourth-order valence-electron chi connectivity index (χ4n) is 1.15. The van der Waals surface area contributed by atoms with E-state index in [0.29, 0.717) is 0 Å². The maximum absolute atomic E-state index is 10.1. The highest BCUT2D eigenvalue weighted by Crippen LogP contribution is 2.06. The average Bonchev–Trinajstić information content (AvgIpc) is 2.03. The molecule has 0 radical (unpaired) electrons. The summed E-state index contributed by atoms with van der Waals surface area (Å²) in [6, 6.07) is 0. The smallest absolute Gasteiger partial charge is 0.329 e. The number of hydrogen-bond acceptors (Lipinski definition) is 3. The van der Waals surface area contributed by atoms with Crippen LogP contribution in [0.5, 0.6) is 0 Å². The summed E-state index contributed by atoms with van der Waals surface area (Å²) in [5, 5.41) is 11.5. The molecule has 1 aliphatic rings. The number of carboxylic acids is 1. The molecule has 0 aromatic heterocycles. The molecular formula is C7H13NO3. The summed E-state index contributed by atoms with van der Waals surface area (Å²) in [6.45, 7) is 1.71. The lowest BCUT2D eigenvalue weighted by Gasteiger charge is -2.21. The Kier molecular flexibility index (Phi) is 3.32. The molecule has 4 heteroatoms. The third kappa shape index (κ3) is 3.34. The van der Waals surface area contributed by atoms with Crippen LogP contribution >= 0.6 is 0 Å². The van der Waals surface area contributed by atoms with Gasteiger partial charge in [0.1, 0.15) is 6.61 Å². The molecular weight excluding hydrogens is 146 g/mol. The van der Waals surface area contributed by atoms with Crippen LogP contribution in [-0.2, 0) is 9.53 Å². The Hall–Kier alpha value is -0.610. The lowest BCUT2D eigenvalue weighted by molar-refractivity contribution is -0.144. The number of aliphatic carboxylic acids is 1. The van der Waals surface area contributed by atoms with E-state index < -0.39 is 5.97 Å². The Morgan fingerprint density at radius 2 is 2.18 bits per heavy atom. The third-order valence-corrected chi connectivity index (χ3v) is 1.73. The first kappa shape index (κ1) is 8.49. The zero-order valence-electron chi connectivity index (χ0n) is 6.38. The van der Waals surface area contributed by atoms with Crippen molar-refractivity contribution in [1.82, 2.24) is 5.32 Å². The van der Waals surface area contributed by atoms with E-state index in [9.17, 15) is 4.79 Å². The second-order valence-electron chi connectivity index (χ2n) is 2.65. The summed E-state index contributed by atoms with van der Waals surface area (Å²) in [4.78, 5) is 10.1. The molecule has 1 fully saturated rings. The summed E-state index contributed by atoms with van der Waals surface area (Å²) in [5.41, 5.74) is 0. The minimum absolute atomic E-state index is 0.146. The zero-order chi connectivity index (χ0) is 8.10. The van der Waals surface area contributed by atoms with E-state index in [1.807, 2.05) is 0 Å². The highest BCUT2D eigenvalue weighted by Gasteiger charge is 2.13. The number of nitrogens with one attached hydrogen (secondary N) is 1. The quantitative estimate of drug-likeness (QED) is 0.600. The summed E-state index contributed by atoms with van der Waals surface area (Å²) in [7, 11) is 0. The topological polar surface area (TPSA) is 58.6 Å². The van der Waals surface area contributed by atoms with Gasteiger partial charge in [-0.25, -0.2) is 4.79 Å². The largest absolute Gasteiger partial charge is 0.480 e. The monoisotopic (exact) mass is 159 g/mol. The van der Waals surface area contributed by atoms with Gasteiger partial charge in [0, 0.05) is 0 Å². The summed E-state index contributed by atoms with van der Waals surface area (Å²) in [6.07, 6.45) is 1.99. The molecule has 0 saturated carbocycles. The molecule has 4 nitrogen and oxygen atoms in total. The number of piperidine rings is 1. The van der Waals surface area contributed by atoms with Crippen LogP contribution < -0.4 is 5.32 Å². The van der Waals surface area contributed by atoms with Crippen LogP contribution in [0.1, 0.15) is 12.8 Å². The summed E-state index contributed by atoms with van der Waals surface area (Å²) >= 11 is 0. The van der Waals surface area contributed by atoms with Crippen LogP contribution in [0.15, 0.2) is 0 Å². The van der Waals surface area contributed by atoms with Gasteiger partial charge in [-0.1, -0.05) is 0 Å². The molecule has 2 N–H and O–H groups in total. The third-order valence-electron chi connectivity index (χ3n) is 1.73. The molecule has 64 valence electrons. The number of carbonyl (C=O) groups is 1. The molecule has 0 atom stereocenters. The van der Waals surface area contributed by atoms with Crippen molar-refractivity contribution < 1.29 is 14.6 Å². The van der Waals surface area contributed by atoms with Gasteiger partial charge < -0.3 is 15.2 Å². The molecule has 0 bridgehead atoms. The van der Waals surface area contributed by atoms with Gasteiger partial charge in [-0.15, -0.1) is 0 Å². The van der Waals surface area contributed by atoms with E-state index >= 15 is 0 Å². The molecule has 0 unspecified atom stereocenters. The van der Waals surface area contributed by atoms with Gasteiger partial charge in [0.25, 0.3) is 0 Å². The first-order valence-corrected chi connectivity index (χ1v) is 3.83. The van der Waals surface area contributed by atoms with Crippen molar-refractivity contribution in [2.75, 3.05) is 19.7 Å². The lowest BCUT2D eigenvalue weighted by Crippen LogP contribution is -2.33. The number of carboxylic acid groups (broad SMARTS) is 1. The minimum Gasteiger partial charge on any atom is -0.480 e. The van der Waals surface area contributed by atoms with E-state index in [2.05, 4.69) is 5.32 Å². The van der Waals surface area contributed by atoms with Gasteiger partial charge in [0.15, 0.2) is 0 Å². The standard InChI is InChI=1S/C7H13NO3/c9-7(10)5-11-6-1-3-8-4-2-6/h6,8H,1-5H2,(H,9,10). The Bertz CT molecular complexity index is 132. The number of ether oxygens (including phenoxy) is 1. The highest BCUT2D eigenvalue weighted by molar-refractivity contribution is 5.68. The molecule has 0 aromatic rings. The molecule has 0 amide bonds. The normalized spacial score (nSPS) is 20.0. The van der Waals surface area contributed by atoms with Crippen LogP contribution in [0.3, 0.4) is 0 Å². The molecule has 11 heavy (non-hydrogen) atoms. The molecule has 1 rings (SSSR count). The maximum atomic E-state index is 10.1. The molecule has 0 aliphatic carbocycles. The van der Waals surface area contributed by atoms with Crippen molar-refractivity contribution in [2.24, 2.45) is 0 Å².